The van der Waals surface area contributed by atoms with Gasteiger partial charge in [0, 0.05) is 24.9 Å². The van der Waals surface area contributed by atoms with Crippen LogP contribution in [0.5, 0.6) is 0 Å². The SMILES string of the molecule is CCCCCn1c(=O)ccn2nccc12. The van der Waals surface area contributed by atoms with Crippen LogP contribution in [-0.4, -0.2) is 14.2 Å². The van der Waals surface area contributed by atoms with Gasteiger partial charge in [0.2, 0.25) is 0 Å². The molecule has 2 rings (SSSR count). The van der Waals surface area contributed by atoms with Crippen molar-refractivity contribution in [1.82, 2.24) is 14.2 Å². The van der Waals surface area contributed by atoms with Gasteiger partial charge in [-0.1, -0.05) is 19.8 Å². The van der Waals surface area contributed by atoms with Crippen molar-refractivity contribution in [2.75, 3.05) is 0 Å². The highest BCUT2D eigenvalue weighted by Gasteiger charge is 2.02. The van der Waals surface area contributed by atoms with E-state index in [1.54, 1.807) is 27.5 Å². The van der Waals surface area contributed by atoms with Gasteiger partial charge in [0.05, 0.1) is 6.20 Å². The van der Waals surface area contributed by atoms with Crippen molar-refractivity contribution in [3.05, 3.63) is 34.9 Å². The molecule has 0 spiro atoms. The van der Waals surface area contributed by atoms with Crippen LogP contribution in [0.4, 0.5) is 0 Å². The maximum Gasteiger partial charge on any atom is 0.253 e. The minimum atomic E-state index is 0.0547. The molecule has 0 amide bonds. The van der Waals surface area contributed by atoms with Crippen LogP contribution in [0.25, 0.3) is 5.65 Å². The zero-order valence-electron chi connectivity index (χ0n) is 8.89. The maximum absolute atomic E-state index is 11.6. The molecule has 2 aromatic heterocycles. The van der Waals surface area contributed by atoms with E-state index in [4.69, 9.17) is 0 Å². The number of fused-ring (bicyclic) bond motifs is 1. The number of nitrogens with zero attached hydrogens (tertiary/aromatic N) is 3. The average Bonchev–Trinajstić information content (AvgIpc) is 2.69. The van der Waals surface area contributed by atoms with Crippen molar-refractivity contribution in [2.45, 2.75) is 32.7 Å². The zero-order chi connectivity index (χ0) is 10.7. The molecule has 0 aromatic carbocycles. The van der Waals surface area contributed by atoms with Crippen molar-refractivity contribution in [3.63, 3.8) is 0 Å². The Kier molecular flexibility index (Phi) is 2.85. The zero-order valence-corrected chi connectivity index (χ0v) is 8.89. The van der Waals surface area contributed by atoms with Gasteiger partial charge in [-0.3, -0.25) is 9.36 Å². The quantitative estimate of drug-likeness (QED) is 0.712. The fourth-order valence-corrected chi connectivity index (χ4v) is 1.72. The van der Waals surface area contributed by atoms with Gasteiger partial charge in [-0.15, -0.1) is 0 Å². The second-order valence-electron chi connectivity index (χ2n) is 3.65. The number of hydrogen-bond acceptors (Lipinski definition) is 2. The molecular weight excluding hydrogens is 190 g/mol. The molecule has 0 radical (unpaired) electrons. The molecule has 4 nitrogen and oxygen atoms in total. The third-order valence-corrected chi connectivity index (χ3v) is 2.54. The lowest BCUT2D eigenvalue weighted by Crippen LogP contribution is -2.21. The number of unbranched alkanes of at least 4 members (excludes halogenated alkanes) is 2. The summed E-state index contributed by atoms with van der Waals surface area (Å²) >= 11 is 0. The third-order valence-electron chi connectivity index (χ3n) is 2.54. The van der Waals surface area contributed by atoms with Crippen LogP contribution in [0, 0.1) is 0 Å². The summed E-state index contributed by atoms with van der Waals surface area (Å²) in [6.45, 7) is 2.94. The van der Waals surface area contributed by atoms with E-state index in [2.05, 4.69) is 12.0 Å². The second kappa shape index (κ2) is 4.29. The number of hydrogen-bond donors (Lipinski definition) is 0. The first-order valence-electron chi connectivity index (χ1n) is 5.36. The van der Waals surface area contributed by atoms with E-state index < -0.39 is 0 Å². The summed E-state index contributed by atoms with van der Waals surface area (Å²) in [5.74, 6) is 0. The summed E-state index contributed by atoms with van der Waals surface area (Å²) in [5, 5.41) is 4.11. The van der Waals surface area contributed by atoms with Crippen LogP contribution in [0.2, 0.25) is 0 Å². The van der Waals surface area contributed by atoms with Crippen molar-refractivity contribution < 1.29 is 0 Å². The molecule has 0 saturated heterocycles. The molecule has 0 bridgehead atoms. The molecular formula is C11H15N3O. The molecule has 2 aromatic rings. The number of rotatable bonds is 4. The Balaban J connectivity index is 2.34. The minimum absolute atomic E-state index is 0.0547. The third kappa shape index (κ3) is 1.93. The molecule has 4 heteroatoms. The van der Waals surface area contributed by atoms with E-state index in [-0.39, 0.29) is 5.56 Å². The normalized spacial score (nSPS) is 11.0. The first-order chi connectivity index (χ1) is 7.33. The molecule has 0 saturated carbocycles. The van der Waals surface area contributed by atoms with Crippen molar-refractivity contribution in [3.8, 4) is 0 Å². The highest BCUT2D eigenvalue weighted by molar-refractivity contribution is 5.36. The first kappa shape index (κ1) is 9.96. The summed E-state index contributed by atoms with van der Waals surface area (Å²) < 4.78 is 3.51. The summed E-state index contributed by atoms with van der Waals surface area (Å²) in [6.07, 6.45) is 6.78. The van der Waals surface area contributed by atoms with Gasteiger partial charge in [0.15, 0.2) is 0 Å². The minimum Gasteiger partial charge on any atom is -0.293 e. The topological polar surface area (TPSA) is 39.3 Å². The summed E-state index contributed by atoms with van der Waals surface area (Å²) in [7, 11) is 0. The Morgan fingerprint density at radius 3 is 3.00 bits per heavy atom. The maximum atomic E-state index is 11.6. The Hall–Kier alpha value is -1.58. The molecule has 0 atom stereocenters. The van der Waals surface area contributed by atoms with E-state index in [0.717, 1.165) is 31.5 Å². The van der Waals surface area contributed by atoms with Crippen LogP contribution in [0.15, 0.2) is 29.3 Å². The summed E-state index contributed by atoms with van der Waals surface area (Å²) in [5.41, 5.74) is 0.928. The molecule has 2 heterocycles. The van der Waals surface area contributed by atoms with E-state index >= 15 is 0 Å². The smallest absolute Gasteiger partial charge is 0.253 e. The lowest BCUT2D eigenvalue weighted by Gasteiger charge is -2.06. The van der Waals surface area contributed by atoms with Gasteiger partial charge in [0.1, 0.15) is 5.65 Å². The molecule has 80 valence electrons. The molecule has 15 heavy (non-hydrogen) atoms. The number of aromatic nitrogens is 3. The fourth-order valence-electron chi connectivity index (χ4n) is 1.72. The second-order valence-corrected chi connectivity index (χ2v) is 3.65. The highest BCUT2D eigenvalue weighted by Crippen LogP contribution is 2.02. The van der Waals surface area contributed by atoms with E-state index in [1.165, 1.54) is 0 Å². The Morgan fingerprint density at radius 1 is 1.33 bits per heavy atom. The predicted octanol–water partition coefficient (Wildman–Crippen LogP) is 1.69. The predicted molar refractivity (Wildman–Crippen MR) is 59.0 cm³/mol. The van der Waals surface area contributed by atoms with E-state index in [9.17, 15) is 4.79 Å². The monoisotopic (exact) mass is 205 g/mol. The fraction of sp³-hybridized carbons (Fsp3) is 0.455. The lowest BCUT2D eigenvalue weighted by molar-refractivity contribution is 0.592. The van der Waals surface area contributed by atoms with Gasteiger partial charge in [-0.05, 0) is 6.42 Å². The van der Waals surface area contributed by atoms with Gasteiger partial charge in [-0.2, -0.15) is 5.10 Å². The first-order valence-corrected chi connectivity index (χ1v) is 5.36. The van der Waals surface area contributed by atoms with Crippen molar-refractivity contribution in [2.24, 2.45) is 0 Å². The van der Waals surface area contributed by atoms with Gasteiger partial charge in [-0.25, -0.2) is 4.52 Å². The largest absolute Gasteiger partial charge is 0.293 e. The van der Waals surface area contributed by atoms with Crippen LogP contribution in [0.3, 0.4) is 0 Å². The van der Waals surface area contributed by atoms with E-state index in [1.807, 2.05) is 6.07 Å². The van der Waals surface area contributed by atoms with Crippen LogP contribution < -0.4 is 5.56 Å². The van der Waals surface area contributed by atoms with Crippen LogP contribution >= 0.6 is 0 Å². The molecule has 0 N–H and O–H groups in total. The van der Waals surface area contributed by atoms with Gasteiger partial charge >= 0.3 is 0 Å². The summed E-state index contributed by atoms with van der Waals surface area (Å²) in [6, 6.07) is 3.43. The number of aryl methyl sites for hydroxylation is 1. The highest BCUT2D eigenvalue weighted by atomic mass is 16.1. The summed E-state index contributed by atoms with van der Waals surface area (Å²) in [4.78, 5) is 11.6. The molecule has 0 aliphatic heterocycles. The van der Waals surface area contributed by atoms with Crippen molar-refractivity contribution in [1.29, 1.82) is 0 Å². The van der Waals surface area contributed by atoms with E-state index in [0.29, 0.717) is 0 Å². The molecule has 0 unspecified atom stereocenters. The van der Waals surface area contributed by atoms with Crippen LogP contribution in [0.1, 0.15) is 26.2 Å². The lowest BCUT2D eigenvalue weighted by atomic mass is 10.2. The van der Waals surface area contributed by atoms with Crippen molar-refractivity contribution >= 4 is 5.65 Å². The Bertz CT molecular complexity index is 498. The Labute approximate surface area is 88.2 Å². The Morgan fingerprint density at radius 2 is 2.20 bits per heavy atom. The van der Waals surface area contributed by atoms with Crippen LogP contribution in [-0.2, 0) is 6.54 Å². The molecule has 0 aliphatic rings. The average molecular weight is 205 g/mol. The molecule has 0 aliphatic carbocycles. The standard InChI is InChI=1S/C11H15N3O/c1-2-3-4-8-13-10-5-7-12-14(10)9-6-11(13)15/h5-7,9H,2-4,8H2,1H3. The van der Waals surface area contributed by atoms with Gasteiger partial charge < -0.3 is 0 Å². The molecule has 0 fully saturated rings. The van der Waals surface area contributed by atoms with Gasteiger partial charge in [0.25, 0.3) is 5.56 Å².